The van der Waals surface area contributed by atoms with Crippen molar-refractivity contribution in [1.29, 1.82) is 0 Å². The predicted molar refractivity (Wildman–Crippen MR) is 138 cm³/mol. The van der Waals surface area contributed by atoms with E-state index in [1.54, 1.807) is 22.9 Å². The summed E-state index contributed by atoms with van der Waals surface area (Å²) in [6.45, 7) is 4.96. The van der Waals surface area contributed by atoms with Gasteiger partial charge in [-0.25, -0.2) is 0 Å². The Morgan fingerprint density at radius 3 is 2.53 bits per heavy atom. The number of nitrogens with zero attached hydrogens (tertiary/aromatic N) is 6. The molecule has 1 aromatic carbocycles. The average molecular weight is 555 g/mol. The monoisotopic (exact) mass is 555 g/mol. The lowest BCUT2D eigenvalue weighted by atomic mass is 10.1. The number of nitrogens with one attached hydrogen (secondary N) is 1. The summed E-state index contributed by atoms with van der Waals surface area (Å²) in [6.07, 6.45) is 3.59. The van der Waals surface area contributed by atoms with Crippen LogP contribution in [0.4, 0.5) is 5.69 Å². The summed E-state index contributed by atoms with van der Waals surface area (Å²) in [5.74, 6) is 1.65. The normalized spacial score (nSPS) is 15.6. The molecule has 1 aliphatic heterocycles. The van der Waals surface area contributed by atoms with Crippen LogP contribution in [0.15, 0.2) is 41.7 Å². The highest BCUT2D eigenvalue weighted by Crippen LogP contribution is 2.22. The van der Waals surface area contributed by atoms with Gasteiger partial charge in [-0.15, -0.1) is 24.0 Å². The minimum absolute atomic E-state index is 0. The Kier molecular flexibility index (Phi) is 9.76. The zero-order valence-corrected chi connectivity index (χ0v) is 21.8. The second kappa shape index (κ2) is 12.0. The zero-order chi connectivity index (χ0) is 22.4. The number of amides is 1. The summed E-state index contributed by atoms with van der Waals surface area (Å²) >= 11 is 0. The smallest absolute Gasteiger partial charge is 0.246 e. The molecule has 1 fully saturated rings. The number of carbonyl (C=O) groups excluding carboxylic acids is 1. The van der Waals surface area contributed by atoms with Crippen LogP contribution in [0, 0.1) is 0 Å². The van der Waals surface area contributed by atoms with Gasteiger partial charge in [0, 0.05) is 32.9 Å². The van der Waals surface area contributed by atoms with Crippen molar-refractivity contribution in [3.05, 3.63) is 42.2 Å². The van der Waals surface area contributed by atoms with Crippen LogP contribution in [0.25, 0.3) is 0 Å². The number of piperazine rings is 1. The highest BCUT2D eigenvalue weighted by atomic mass is 127. The number of anilines is 1. The Bertz CT molecular complexity index is 898. The topological polar surface area (TPSA) is 78.2 Å². The third-order valence-corrected chi connectivity index (χ3v) is 5.40. The molecule has 32 heavy (non-hydrogen) atoms. The van der Waals surface area contributed by atoms with Gasteiger partial charge in [-0.2, -0.15) is 5.10 Å². The van der Waals surface area contributed by atoms with Crippen LogP contribution < -0.4 is 15.0 Å². The lowest BCUT2D eigenvalue weighted by Gasteiger charge is -2.35. The van der Waals surface area contributed by atoms with Crippen molar-refractivity contribution in [3.63, 3.8) is 0 Å². The van der Waals surface area contributed by atoms with Crippen LogP contribution >= 0.6 is 24.0 Å². The van der Waals surface area contributed by atoms with Gasteiger partial charge in [0.2, 0.25) is 5.91 Å². The first-order chi connectivity index (χ1) is 14.9. The summed E-state index contributed by atoms with van der Waals surface area (Å²) in [7, 11) is 7.62. The maximum atomic E-state index is 12.8. The number of guanidine groups is 1. The van der Waals surface area contributed by atoms with E-state index in [2.05, 4.69) is 27.4 Å². The Morgan fingerprint density at radius 2 is 2.00 bits per heavy atom. The van der Waals surface area contributed by atoms with Crippen molar-refractivity contribution in [2.75, 3.05) is 58.8 Å². The molecule has 1 aliphatic rings. The summed E-state index contributed by atoms with van der Waals surface area (Å²) < 4.78 is 6.98. The molecule has 2 aromatic rings. The van der Waals surface area contributed by atoms with Crippen LogP contribution in [-0.4, -0.2) is 85.4 Å². The molecule has 0 spiro atoms. The Balaban J connectivity index is 0.00000363. The molecule has 1 aromatic heterocycles. The fourth-order valence-electron chi connectivity index (χ4n) is 3.67. The van der Waals surface area contributed by atoms with Crippen molar-refractivity contribution < 1.29 is 9.53 Å². The van der Waals surface area contributed by atoms with Crippen molar-refractivity contribution in [2.45, 2.75) is 13.0 Å². The Hall–Kier alpha value is -2.34. The number of aromatic nitrogens is 2. The van der Waals surface area contributed by atoms with E-state index >= 15 is 0 Å². The van der Waals surface area contributed by atoms with Gasteiger partial charge in [0.15, 0.2) is 5.96 Å². The minimum Gasteiger partial charge on any atom is -0.497 e. The van der Waals surface area contributed by atoms with Gasteiger partial charge >= 0.3 is 0 Å². The molecule has 1 unspecified atom stereocenters. The van der Waals surface area contributed by atoms with Crippen molar-refractivity contribution in [2.24, 2.45) is 12.0 Å². The number of hydrogen-bond acceptors (Lipinski definition) is 5. The molecule has 3 rings (SSSR count). The van der Waals surface area contributed by atoms with E-state index in [1.165, 1.54) is 5.56 Å². The molecule has 1 atom stereocenters. The maximum absolute atomic E-state index is 12.8. The summed E-state index contributed by atoms with van der Waals surface area (Å²) in [5, 5.41) is 7.52. The van der Waals surface area contributed by atoms with Gasteiger partial charge in [-0.3, -0.25) is 14.5 Å². The first-order valence-corrected chi connectivity index (χ1v) is 10.6. The molecule has 176 valence electrons. The SMILES string of the molecule is CCNC(=NCC(c1ccc(OC)cc1)N(C)C)N1CCN(c2cnn(C)c2)C(=O)C1.I. The fraction of sp³-hybridized carbons (Fsp3) is 0.500. The first kappa shape index (κ1) is 25.9. The Morgan fingerprint density at radius 1 is 1.28 bits per heavy atom. The van der Waals surface area contributed by atoms with E-state index in [9.17, 15) is 4.79 Å². The highest BCUT2D eigenvalue weighted by Gasteiger charge is 2.28. The van der Waals surface area contributed by atoms with E-state index in [0.717, 1.165) is 23.9 Å². The molecule has 1 N–H and O–H groups in total. The average Bonchev–Trinajstić information content (AvgIpc) is 3.19. The molecular weight excluding hydrogens is 521 g/mol. The molecule has 2 heterocycles. The largest absolute Gasteiger partial charge is 0.497 e. The van der Waals surface area contributed by atoms with E-state index in [1.807, 2.05) is 51.3 Å². The molecule has 0 bridgehead atoms. The first-order valence-electron chi connectivity index (χ1n) is 10.6. The predicted octanol–water partition coefficient (Wildman–Crippen LogP) is 1.96. The minimum atomic E-state index is 0. The molecule has 9 nitrogen and oxygen atoms in total. The van der Waals surface area contributed by atoms with Gasteiger partial charge < -0.3 is 24.8 Å². The van der Waals surface area contributed by atoms with Gasteiger partial charge in [0.25, 0.3) is 0 Å². The quantitative estimate of drug-likeness (QED) is 0.320. The highest BCUT2D eigenvalue weighted by molar-refractivity contribution is 14.0. The van der Waals surface area contributed by atoms with Gasteiger partial charge in [0.05, 0.1) is 31.6 Å². The number of methoxy groups -OCH3 is 1. The third kappa shape index (κ3) is 6.35. The lowest BCUT2D eigenvalue weighted by Crippen LogP contribution is -2.55. The van der Waals surface area contributed by atoms with E-state index in [4.69, 9.17) is 9.73 Å². The van der Waals surface area contributed by atoms with E-state index in [-0.39, 0.29) is 42.5 Å². The van der Waals surface area contributed by atoms with Crippen molar-refractivity contribution in [1.82, 2.24) is 24.9 Å². The molecule has 0 aliphatic carbocycles. The summed E-state index contributed by atoms with van der Waals surface area (Å²) in [5.41, 5.74) is 2.00. The van der Waals surface area contributed by atoms with Crippen LogP contribution in [-0.2, 0) is 11.8 Å². The number of likely N-dealkylation sites (N-methyl/N-ethyl adjacent to an activating group) is 1. The second-order valence-electron chi connectivity index (χ2n) is 7.79. The van der Waals surface area contributed by atoms with Crippen molar-refractivity contribution >= 4 is 41.5 Å². The second-order valence-corrected chi connectivity index (χ2v) is 7.79. The van der Waals surface area contributed by atoms with E-state index in [0.29, 0.717) is 19.6 Å². The summed E-state index contributed by atoms with van der Waals surface area (Å²) in [4.78, 5) is 23.6. The number of benzene rings is 1. The van der Waals surface area contributed by atoms with Crippen LogP contribution in [0.1, 0.15) is 18.5 Å². The number of aryl methyl sites for hydroxylation is 1. The van der Waals surface area contributed by atoms with Crippen molar-refractivity contribution in [3.8, 4) is 5.75 Å². The number of aliphatic imine (C=N–C) groups is 1. The van der Waals surface area contributed by atoms with Crippen LogP contribution in [0.2, 0.25) is 0 Å². The van der Waals surface area contributed by atoms with Gasteiger partial charge in [-0.1, -0.05) is 12.1 Å². The zero-order valence-electron chi connectivity index (χ0n) is 19.5. The molecule has 0 radical (unpaired) electrons. The molecule has 1 saturated heterocycles. The van der Waals surface area contributed by atoms with Crippen LogP contribution in [0.5, 0.6) is 5.75 Å². The Labute approximate surface area is 207 Å². The molecule has 1 amide bonds. The van der Waals surface area contributed by atoms with E-state index < -0.39 is 0 Å². The standard InChI is InChI=1S/C22H33N7O2.HI/c1-6-23-22(24-14-20(26(2)3)17-7-9-19(31-5)10-8-17)28-11-12-29(21(30)16-28)18-13-25-27(4)15-18;/h7-10,13,15,20H,6,11-12,14,16H2,1-5H3,(H,23,24);1H. The number of ether oxygens (including phenoxy) is 1. The third-order valence-electron chi connectivity index (χ3n) is 5.40. The fourth-order valence-corrected chi connectivity index (χ4v) is 3.67. The lowest BCUT2D eigenvalue weighted by molar-refractivity contribution is -0.120. The number of halogens is 1. The maximum Gasteiger partial charge on any atom is 0.246 e. The number of rotatable bonds is 7. The number of carbonyl (C=O) groups is 1. The van der Waals surface area contributed by atoms with Gasteiger partial charge in [0.1, 0.15) is 12.3 Å². The summed E-state index contributed by atoms with van der Waals surface area (Å²) in [6, 6.07) is 8.20. The molecule has 0 saturated carbocycles. The van der Waals surface area contributed by atoms with Gasteiger partial charge in [-0.05, 0) is 38.7 Å². The van der Waals surface area contributed by atoms with Crippen LogP contribution in [0.3, 0.4) is 0 Å². The molecule has 10 heteroatoms. The number of hydrogen-bond donors (Lipinski definition) is 1. The molecular formula is C22H34IN7O2.